The molecule has 98 valence electrons. The maximum atomic E-state index is 11.5. The van der Waals surface area contributed by atoms with Crippen LogP contribution in [0.15, 0.2) is 18.2 Å². The molecule has 0 atom stereocenters. The van der Waals surface area contributed by atoms with Crippen LogP contribution in [-0.2, 0) is 0 Å². The molecule has 0 bridgehead atoms. The lowest BCUT2D eigenvalue weighted by Crippen LogP contribution is -2.20. The number of carbonyl (C=O) groups is 1. The smallest absolute Gasteiger partial charge is 0.292 e. The summed E-state index contributed by atoms with van der Waals surface area (Å²) in [6.45, 7) is 1.20. The third-order valence-corrected chi connectivity index (χ3v) is 2.37. The number of nitro benzene ring substituents is 1. The van der Waals surface area contributed by atoms with E-state index in [1.165, 1.54) is 25.2 Å². The van der Waals surface area contributed by atoms with E-state index in [4.69, 9.17) is 0 Å². The van der Waals surface area contributed by atoms with Crippen LogP contribution in [0, 0.1) is 10.1 Å². The zero-order valence-corrected chi connectivity index (χ0v) is 10.3. The minimum absolute atomic E-state index is 0.0428. The van der Waals surface area contributed by atoms with Crippen LogP contribution >= 0.6 is 0 Å². The first kappa shape index (κ1) is 13.9. The molecular weight excluding hydrogens is 236 g/mol. The summed E-state index contributed by atoms with van der Waals surface area (Å²) in [5.41, 5.74) is 0.685. The van der Waals surface area contributed by atoms with Gasteiger partial charge in [-0.25, -0.2) is 0 Å². The number of nitrogens with one attached hydrogen (secondary N) is 3. The van der Waals surface area contributed by atoms with E-state index in [-0.39, 0.29) is 11.6 Å². The van der Waals surface area contributed by atoms with E-state index < -0.39 is 4.92 Å². The summed E-state index contributed by atoms with van der Waals surface area (Å²) in [6.07, 6.45) is 0. The number of carbonyl (C=O) groups excluding carboxylic acids is 1. The van der Waals surface area contributed by atoms with Crippen molar-refractivity contribution in [1.82, 2.24) is 10.6 Å². The van der Waals surface area contributed by atoms with Gasteiger partial charge >= 0.3 is 0 Å². The Morgan fingerprint density at radius 1 is 1.33 bits per heavy atom. The lowest BCUT2D eigenvalue weighted by Gasteiger charge is -2.08. The summed E-state index contributed by atoms with van der Waals surface area (Å²) in [6, 6.07) is 4.24. The van der Waals surface area contributed by atoms with Gasteiger partial charge in [-0.1, -0.05) is 0 Å². The van der Waals surface area contributed by atoms with Gasteiger partial charge in [0.1, 0.15) is 5.69 Å². The number of nitro groups is 1. The van der Waals surface area contributed by atoms with Crippen LogP contribution in [0.3, 0.4) is 0 Å². The highest BCUT2D eigenvalue weighted by molar-refractivity contribution is 5.95. The predicted molar refractivity (Wildman–Crippen MR) is 68.9 cm³/mol. The van der Waals surface area contributed by atoms with Crippen molar-refractivity contribution < 1.29 is 9.72 Å². The van der Waals surface area contributed by atoms with E-state index in [2.05, 4.69) is 16.0 Å². The molecule has 1 aromatic rings. The van der Waals surface area contributed by atoms with E-state index in [0.717, 1.165) is 0 Å². The van der Waals surface area contributed by atoms with E-state index in [9.17, 15) is 14.9 Å². The van der Waals surface area contributed by atoms with Crippen LogP contribution in [0.4, 0.5) is 11.4 Å². The molecule has 0 aliphatic carbocycles. The summed E-state index contributed by atoms with van der Waals surface area (Å²) in [5, 5.41) is 19.2. The Kier molecular flexibility index (Phi) is 5.06. The topological polar surface area (TPSA) is 96.3 Å². The molecule has 0 saturated heterocycles. The Labute approximate surface area is 105 Å². The summed E-state index contributed by atoms with van der Waals surface area (Å²) < 4.78 is 0. The molecule has 7 nitrogen and oxygen atoms in total. The summed E-state index contributed by atoms with van der Waals surface area (Å²) in [4.78, 5) is 21.8. The number of likely N-dealkylation sites (N-methyl/N-ethyl adjacent to an activating group) is 1. The Balaban J connectivity index is 2.99. The Bertz CT molecular complexity index is 448. The molecule has 0 aliphatic rings. The second kappa shape index (κ2) is 6.55. The van der Waals surface area contributed by atoms with Gasteiger partial charge in [-0.05, 0) is 19.2 Å². The maximum absolute atomic E-state index is 11.5. The molecule has 1 rings (SSSR count). The Hall–Kier alpha value is -2.15. The van der Waals surface area contributed by atoms with E-state index >= 15 is 0 Å². The van der Waals surface area contributed by atoms with Gasteiger partial charge in [-0.3, -0.25) is 14.9 Å². The zero-order valence-electron chi connectivity index (χ0n) is 10.3. The van der Waals surface area contributed by atoms with Crippen LogP contribution < -0.4 is 16.0 Å². The summed E-state index contributed by atoms with van der Waals surface area (Å²) >= 11 is 0. The lowest BCUT2D eigenvalue weighted by atomic mass is 10.1. The third kappa shape index (κ3) is 3.42. The van der Waals surface area contributed by atoms with Crippen molar-refractivity contribution in [2.75, 3.05) is 32.5 Å². The normalized spacial score (nSPS) is 9.89. The SMILES string of the molecule is CNCCNc1cc(C(=O)NC)ccc1[N+](=O)[O-]. The van der Waals surface area contributed by atoms with Gasteiger partial charge in [-0.2, -0.15) is 0 Å². The highest BCUT2D eigenvalue weighted by Gasteiger charge is 2.15. The molecule has 3 N–H and O–H groups in total. The molecule has 0 fully saturated rings. The van der Waals surface area contributed by atoms with Crippen LogP contribution in [0.1, 0.15) is 10.4 Å². The number of amides is 1. The predicted octanol–water partition coefficient (Wildman–Crippen LogP) is 0.586. The number of nitrogens with zero attached hydrogens (tertiary/aromatic N) is 1. The van der Waals surface area contributed by atoms with Gasteiger partial charge in [0, 0.05) is 31.8 Å². The van der Waals surface area contributed by atoms with Crippen molar-refractivity contribution in [2.45, 2.75) is 0 Å². The molecule has 18 heavy (non-hydrogen) atoms. The van der Waals surface area contributed by atoms with Crippen LogP contribution in [-0.4, -0.2) is 38.0 Å². The largest absolute Gasteiger partial charge is 0.378 e. The van der Waals surface area contributed by atoms with E-state index in [1.807, 2.05) is 0 Å². The molecule has 1 aromatic carbocycles. The summed E-state index contributed by atoms with van der Waals surface area (Å²) in [5.74, 6) is -0.276. The first-order chi connectivity index (χ1) is 8.60. The van der Waals surface area contributed by atoms with Crippen molar-refractivity contribution in [2.24, 2.45) is 0 Å². The van der Waals surface area contributed by atoms with Gasteiger partial charge in [-0.15, -0.1) is 0 Å². The number of anilines is 1. The van der Waals surface area contributed by atoms with Crippen molar-refractivity contribution in [1.29, 1.82) is 0 Å². The molecule has 0 saturated carbocycles. The fourth-order valence-corrected chi connectivity index (χ4v) is 1.44. The Morgan fingerprint density at radius 2 is 2.06 bits per heavy atom. The number of rotatable bonds is 6. The minimum Gasteiger partial charge on any atom is -0.378 e. The number of benzene rings is 1. The average Bonchev–Trinajstić information content (AvgIpc) is 2.37. The zero-order chi connectivity index (χ0) is 13.5. The molecule has 0 radical (unpaired) electrons. The van der Waals surface area contributed by atoms with Crippen molar-refractivity contribution in [3.8, 4) is 0 Å². The second-order valence-corrected chi connectivity index (χ2v) is 3.60. The fourth-order valence-electron chi connectivity index (χ4n) is 1.44. The average molecular weight is 252 g/mol. The number of hydrogen-bond acceptors (Lipinski definition) is 5. The molecule has 7 heteroatoms. The molecule has 0 heterocycles. The van der Waals surface area contributed by atoms with E-state index in [1.54, 1.807) is 7.05 Å². The van der Waals surface area contributed by atoms with Crippen molar-refractivity contribution >= 4 is 17.3 Å². The van der Waals surface area contributed by atoms with Gasteiger partial charge in [0.2, 0.25) is 0 Å². The third-order valence-electron chi connectivity index (χ3n) is 2.37. The standard InChI is InChI=1S/C11H16N4O3/c1-12-5-6-14-9-7-8(11(16)13-2)3-4-10(9)15(17)18/h3-4,7,12,14H,5-6H2,1-2H3,(H,13,16). The number of hydrogen-bond donors (Lipinski definition) is 3. The Morgan fingerprint density at radius 3 is 2.61 bits per heavy atom. The van der Waals surface area contributed by atoms with Gasteiger partial charge in [0.05, 0.1) is 4.92 Å². The van der Waals surface area contributed by atoms with Gasteiger partial charge in [0.25, 0.3) is 11.6 Å². The highest BCUT2D eigenvalue weighted by Crippen LogP contribution is 2.25. The van der Waals surface area contributed by atoms with Gasteiger partial charge < -0.3 is 16.0 Å². The van der Waals surface area contributed by atoms with Crippen LogP contribution in [0.2, 0.25) is 0 Å². The van der Waals surface area contributed by atoms with Gasteiger partial charge in [0.15, 0.2) is 0 Å². The maximum Gasteiger partial charge on any atom is 0.292 e. The van der Waals surface area contributed by atoms with Crippen LogP contribution in [0.25, 0.3) is 0 Å². The molecule has 1 amide bonds. The van der Waals surface area contributed by atoms with E-state index in [0.29, 0.717) is 24.3 Å². The summed E-state index contributed by atoms with van der Waals surface area (Å²) in [7, 11) is 3.30. The molecule has 0 aliphatic heterocycles. The monoisotopic (exact) mass is 252 g/mol. The first-order valence-corrected chi connectivity index (χ1v) is 5.49. The quantitative estimate of drug-likeness (QED) is 0.391. The van der Waals surface area contributed by atoms with Crippen LogP contribution in [0.5, 0.6) is 0 Å². The molecule has 0 aromatic heterocycles. The highest BCUT2D eigenvalue weighted by atomic mass is 16.6. The molecule has 0 unspecified atom stereocenters. The lowest BCUT2D eigenvalue weighted by molar-refractivity contribution is -0.384. The van der Waals surface area contributed by atoms with Crippen molar-refractivity contribution in [3.63, 3.8) is 0 Å². The van der Waals surface area contributed by atoms with Crippen molar-refractivity contribution in [3.05, 3.63) is 33.9 Å². The fraction of sp³-hybridized carbons (Fsp3) is 0.364. The second-order valence-electron chi connectivity index (χ2n) is 3.60. The minimum atomic E-state index is -0.477. The molecule has 0 spiro atoms. The molecular formula is C11H16N4O3. The first-order valence-electron chi connectivity index (χ1n) is 5.49.